The Morgan fingerprint density at radius 2 is 1.50 bits per heavy atom. The summed E-state index contributed by atoms with van der Waals surface area (Å²) in [6.07, 6.45) is 2.39. The summed E-state index contributed by atoms with van der Waals surface area (Å²) in [7, 11) is 0. The van der Waals surface area contributed by atoms with Gasteiger partial charge in [0.2, 0.25) is 0 Å². The monoisotopic (exact) mass is 498 g/mol. The molecule has 0 saturated heterocycles. The first-order chi connectivity index (χ1) is 17.2. The third kappa shape index (κ3) is 7.92. The zero-order valence-electron chi connectivity index (χ0n) is 22.1. The maximum absolute atomic E-state index is 8.50. The lowest BCUT2D eigenvalue weighted by atomic mass is 9.91. The minimum absolute atomic E-state index is 0.00995. The lowest BCUT2D eigenvalue weighted by molar-refractivity contribution is 0.680. The molecule has 0 saturated carbocycles. The highest BCUT2D eigenvalue weighted by atomic mass is 32.1. The normalized spacial score (nSPS) is 14.8. The van der Waals surface area contributed by atoms with Crippen LogP contribution in [-0.2, 0) is 6.42 Å². The number of thiophene rings is 1. The van der Waals surface area contributed by atoms with Gasteiger partial charge in [-0.05, 0) is 68.7 Å². The molecule has 0 amide bonds. The average molecular weight is 499 g/mol. The summed E-state index contributed by atoms with van der Waals surface area (Å²) in [5.41, 5.74) is 6.56. The molecule has 3 rings (SSSR count). The van der Waals surface area contributed by atoms with Gasteiger partial charge in [0.05, 0.1) is 11.8 Å². The highest BCUT2D eigenvalue weighted by Crippen LogP contribution is 2.25. The van der Waals surface area contributed by atoms with Gasteiger partial charge in [-0.2, -0.15) is 0 Å². The van der Waals surface area contributed by atoms with Crippen LogP contribution in [0.1, 0.15) is 63.8 Å². The van der Waals surface area contributed by atoms with Crippen LogP contribution in [0.5, 0.6) is 0 Å². The molecule has 0 aliphatic heterocycles. The molecule has 1 aromatic heterocycles. The third-order valence-corrected chi connectivity index (χ3v) is 7.26. The minimum atomic E-state index is -0.128. The van der Waals surface area contributed by atoms with Gasteiger partial charge >= 0.3 is 0 Å². The van der Waals surface area contributed by atoms with Crippen LogP contribution >= 0.6 is 11.3 Å². The molecular formula is C31H38N4S. The topological polar surface area (TPSA) is 72.4 Å². The number of aliphatic imine (C=N–C) groups is 2. The molecule has 0 spiro atoms. The zero-order chi connectivity index (χ0) is 26.1. The number of hydrogen-bond donors (Lipinski definition) is 2. The van der Waals surface area contributed by atoms with Crippen molar-refractivity contribution in [1.82, 2.24) is 0 Å². The van der Waals surface area contributed by atoms with E-state index in [-0.39, 0.29) is 18.0 Å². The smallest absolute Gasteiger partial charge is 0.0856 e. The number of nitrogens with one attached hydrogen (secondary N) is 2. The fourth-order valence-electron chi connectivity index (χ4n) is 4.24. The molecule has 188 valence electrons. The first kappa shape index (κ1) is 27.4. The summed E-state index contributed by atoms with van der Waals surface area (Å²) in [4.78, 5) is 11.4. The molecular weight excluding hydrogens is 460 g/mol. The highest BCUT2D eigenvalue weighted by Gasteiger charge is 2.20. The van der Waals surface area contributed by atoms with Crippen LogP contribution in [0.3, 0.4) is 0 Å². The molecule has 0 fully saturated rings. The lowest BCUT2D eigenvalue weighted by Gasteiger charge is -2.20. The van der Waals surface area contributed by atoms with Crippen molar-refractivity contribution in [3.63, 3.8) is 0 Å². The van der Waals surface area contributed by atoms with Crippen molar-refractivity contribution in [1.29, 1.82) is 10.8 Å². The van der Waals surface area contributed by atoms with E-state index in [9.17, 15) is 0 Å². The van der Waals surface area contributed by atoms with Crippen LogP contribution in [0.15, 0.2) is 82.1 Å². The summed E-state index contributed by atoms with van der Waals surface area (Å²) in [6, 6.07) is 23.2. The quantitative estimate of drug-likeness (QED) is 0.236. The number of benzene rings is 2. The molecule has 0 bridgehead atoms. The van der Waals surface area contributed by atoms with Crippen LogP contribution in [0.4, 0.5) is 0 Å². The summed E-state index contributed by atoms with van der Waals surface area (Å²) in [5.74, 6) is 0.00995. The second-order valence-corrected chi connectivity index (χ2v) is 10.6. The third-order valence-electron chi connectivity index (χ3n) is 6.39. The molecule has 4 nitrogen and oxygen atoms in total. The molecule has 0 aliphatic rings. The fourth-order valence-corrected chi connectivity index (χ4v) is 4.96. The molecule has 3 aromatic rings. The Balaban J connectivity index is 1.86. The van der Waals surface area contributed by atoms with Gasteiger partial charge in [-0.1, -0.05) is 67.6 Å². The molecule has 0 radical (unpaired) electrons. The Labute approximate surface area is 220 Å². The standard InChI is InChI=1S/C31H38N4S/c1-21(32)13-14-22(2)34-30(20-29-12-9-19-36-29)25(5)35-31(24(4)33)23(3)26-15-17-28(18-16-26)27-10-7-6-8-11-27/h6-12,15-19,22-23,25,32-33H,13-14,20H2,1-5H3. The van der Waals surface area contributed by atoms with E-state index in [4.69, 9.17) is 20.8 Å². The first-order valence-electron chi connectivity index (χ1n) is 12.7. The van der Waals surface area contributed by atoms with E-state index in [2.05, 4.69) is 86.8 Å². The number of rotatable bonds is 12. The van der Waals surface area contributed by atoms with Crippen molar-refractivity contribution in [2.24, 2.45) is 9.98 Å². The van der Waals surface area contributed by atoms with Gasteiger partial charge in [-0.15, -0.1) is 11.3 Å². The number of nitrogens with zero attached hydrogens (tertiary/aromatic N) is 2. The Morgan fingerprint density at radius 1 is 0.833 bits per heavy atom. The summed E-state index contributed by atoms with van der Waals surface area (Å²) in [6.45, 7) is 10.0. The average Bonchev–Trinajstić information content (AvgIpc) is 3.39. The van der Waals surface area contributed by atoms with Gasteiger partial charge in [0, 0.05) is 40.4 Å². The van der Waals surface area contributed by atoms with Gasteiger partial charge in [-0.3, -0.25) is 9.98 Å². The Bertz CT molecular complexity index is 1190. The van der Waals surface area contributed by atoms with Gasteiger partial charge in [-0.25, -0.2) is 0 Å². The van der Waals surface area contributed by atoms with Crippen molar-refractivity contribution < 1.29 is 0 Å². The van der Waals surface area contributed by atoms with Gasteiger partial charge in [0.15, 0.2) is 0 Å². The Morgan fingerprint density at radius 3 is 2.08 bits per heavy atom. The van der Waals surface area contributed by atoms with Crippen molar-refractivity contribution in [2.75, 3.05) is 0 Å². The lowest BCUT2D eigenvalue weighted by Crippen LogP contribution is -2.26. The van der Waals surface area contributed by atoms with E-state index in [1.807, 2.05) is 19.9 Å². The van der Waals surface area contributed by atoms with E-state index in [1.165, 1.54) is 16.0 Å². The predicted molar refractivity (Wildman–Crippen MR) is 158 cm³/mol. The zero-order valence-corrected chi connectivity index (χ0v) is 22.9. The van der Waals surface area contributed by atoms with Crippen LogP contribution in [-0.4, -0.2) is 34.9 Å². The van der Waals surface area contributed by atoms with Gasteiger partial charge in [0.1, 0.15) is 0 Å². The van der Waals surface area contributed by atoms with Crippen LogP contribution in [0, 0.1) is 10.8 Å². The van der Waals surface area contributed by atoms with E-state index in [0.717, 1.165) is 36.2 Å². The second kappa shape index (κ2) is 13.2. The summed E-state index contributed by atoms with van der Waals surface area (Å²) >= 11 is 1.74. The molecule has 5 heteroatoms. The van der Waals surface area contributed by atoms with Crippen molar-refractivity contribution >= 4 is 34.2 Å². The van der Waals surface area contributed by atoms with Crippen molar-refractivity contribution in [3.8, 4) is 11.1 Å². The highest BCUT2D eigenvalue weighted by molar-refractivity contribution is 7.10. The maximum atomic E-state index is 8.50. The summed E-state index contributed by atoms with van der Waals surface area (Å²) < 4.78 is 0. The number of hydrogen-bond acceptors (Lipinski definition) is 5. The predicted octanol–water partition coefficient (Wildman–Crippen LogP) is 8.28. The van der Waals surface area contributed by atoms with Crippen LogP contribution in [0.2, 0.25) is 0 Å². The molecule has 1 heterocycles. The molecule has 3 unspecified atom stereocenters. The van der Waals surface area contributed by atoms with E-state index in [0.29, 0.717) is 11.4 Å². The largest absolute Gasteiger partial charge is 0.310 e. The second-order valence-electron chi connectivity index (χ2n) is 9.57. The minimum Gasteiger partial charge on any atom is -0.310 e. The SMILES string of the molecule is CC(=N)CCC(C)N=C(Cc1cccs1)C(C)N=C(C(C)=N)C(C)c1ccc(-c2ccccc2)cc1. The fraction of sp³-hybridized carbons (Fsp3) is 0.355. The Hall–Kier alpha value is -3.18. The molecule has 0 aliphatic carbocycles. The molecule has 2 aromatic carbocycles. The van der Waals surface area contributed by atoms with Gasteiger partial charge in [0.25, 0.3) is 0 Å². The van der Waals surface area contributed by atoms with E-state index < -0.39 is 0 Å². The molecule has 2 N–H and O–H groups in total. The molecule has 36 heavy (non-hydrogen) atoms. The van der Waals surface area contributed by atoms with Gasteiger partial charge < -0.3 is 10.8 Å². The van der Waals surface area contributed by atoms with Crippen LogP contribution < -0.4 is 0 Å². The first-order valence-corrected chi connectivity index (χ1v) is 13.5. The summed E-state index contributed by atoms with van der Waals surface area (Å²) in [5, 5.41) is 18.3. The van der Waals surface area contributed by atoms with E-state index >= 15 is 0 Å². The molecule has 3 atom stereocenters. The maximum Gasteiger partial charge on any atom is 0.0856 e. The Kier molecular flexibility index (Phi) is 10.1. The van der Waals surface area contributed by atoms with E-state index in [1.54, 1.807) is 11.3 Å². The van der Waals surface area contributed by atoms with Crippen molar-refractivity contribution in [2.45, 2.75) is 71.9 Å². The van der Waals surface area contributed by atoms with Crippen molar-refractivity contribution in [3.05, 3.63) is 82.6 Å². The van der Waals surface area contributed by atoms with Crippen LogP contribution in [0.25, 0.3) is 11.1 Å².